The number of hydrogen-bond donors (Lipinski definition) is 3. The predicted octanol–water partition coefficient (Wildman–Crippen LogP) is 1.73. The van der Waals surface area contributed by atoms with E-state index in [0.717, 1.165) is 24.7 Å². The van der Waals surface area contributed by atoms with Gasteiger partial charge in [0.15, 0.2) is 5.96 Å². The van der Waals surface area contributed by atoms with Crippen LogP contribution in [-0.4, -0.2) is 52.8 Å². The number of aliphatic imine (C=N–C) groups is 1. The number of H-pyrrole nitrogens is 1. The molecular weight excluding hydrogens is 276 g/mol. The first-order chi connectivity index (χ1) is 10.6. The molecule has 0 radical (unpaired) electrons. The molecule has 124 valence electrons. The Bertz CT molecular complexity index is 445. The summed E-state index contributed by atoms with van der Waals surface area (Å²) in [6.07, 6.45) is 5.76. The minimum atomic E-state index is 0.143. The van der Waals surface area contributed by atoms with Crippen molar-refractivity contribution in [2.75, 3.05) is 26.2 Å². The Morgan fingerprint density at radius 2 is 2.09 bits per heavy atom. The molecule has 1 fully saturated rings. The second-order valence-electron chi connectivity index (χ2n) is 6.49. The molecule has 0 bridgehead atoms. The number of aromatic amines is 1. The number of rotatable bonds is 6. The molecule has 6 nitrogen and oxygen atoms in total. The third kappa shape index (κ3) is 5.02. The van der Waals surface area contributed by atoms with Gasteiger partial charge in [-0.3, -0.25) is 10.00 Å². The molecule has 0 unspecified atom stereocenters. The molecule has 22 heavy (non-hydrogen) atoms. The first kappa shape index (κ1) is 16.8. The topological polar surface area (TPSA) is 68.3 Å². The first-order valence-corrected chi connectivity index (χ1v) is 8.37. The van der Waals surface area contributed by atoms with Crippen molar-refractivity contribution in [3.63, 3.8) is 0 Å². The molecule has 1 aromatic rings. The number of nitrogens with one attached hydrogen (secondary N) is 3. The SMILES string of the molecule is CCNC(=NCc1ccn[nH]1)NCC(C)(C)N1CCCCC1. The Morgan fingerprint density at radius 3 is 2.73 bits per heavy atom. The van der Waals surface area contributed by atoms with Crippen LogP contribution in [0, 0.1) is 0 Å². The summed E-state index contributed by atoms with van der Waals surface area (Å²) in [4.78, 5) is 7.19. The summed E-state index contributed by atoms with van der Waals surface area (Å²) >= 11 is 0. The van der Waals surface area contributed by atoms with Crippen LogP contribution in [0.3, 0.4) is 0 Å². The fraction of sp³-hybridized carbons (Fsp3) is 0.750. The van der Waals surface area contributed by atoms with E-state index in [1.165, 1.54) is 32.4 Å². The molecule has 0 aromatic carbocycles. The van der Waals surface area contributed by atoms with Gasteiger partial charge in [0, 0.05) is 24.8 Å². The van der Waals surface area contributed by atoms with Crippen LogP contribution in [0.15, 0.2) is 17.3 Å². The summed E-state index contributed by atoms with van der Waals surface area (Å²) in [5.41, 5.74) is 1.16. The number of guanidine groups is 1. The van der Waals surface area contributed by atoms with Gasteiger partial charge in [-0.2, -0.15) is 5.10 Å². The average molecular weight is 306 g/mol. The summed E-state index contributed by atoms with van der Waals surface area (Å²) in [5, 5.41) is 13.7. The summed E-state index contributed by atoms with van der Waals surface area (Å²) in [6.45, 7) is 11.5. The zero-order valence-corrected chi connectivity index (χ0v) is 14.2. The van der Waals surface area contributed by atoms with Gasteiger partial charge in [-0.25, -0.2) is 4.99 Å². The van der Waals surface area contributed by atoms with Crippen molar-refractivity contribution >= 4 is 5.96 Å². The van der Waals surface area contributed by atoms with E-state index in [-0.39, 0.29) is 5.54 Å². The van der Waals surface area contributed by atoms with Gasteiger partial charge < -0.3 is 10.6 Å². The van der Waals surface area contributed by atoms with E-state index in [2.05, 4.69) is 51.5 Å². The highest BCUT2D eigenvalue weighted by atomic mass is 15.2. The van der Waals surface area contributed by atoms with Crippen LogP contribution in [0.25, 0.3) is 0 Å². The van der Waals surface area contributed by atoms with Gasteiger partial charge in [0.05, 0.1) is 12.2 Å². The van der Waals surface area contributed by atoms with Gasteiger partial charge in [0.25, 0.3) is 0 Å². The largest absolute Gasteiger partial charge is 0.357 e. The second kappa shape index (κ2) is 8.17. The maximum atomic E-state index is 4.61. The standard InChI is InChI=1S/C16H30N6/c1-4-17-15(18-12-14-8-9-20-21-14)19-13-16(2,3)22-10-6-5-7-11-22/h8-9H,4-7,10-13H2,1-3H3,(H,20,21)(H2,17,18,19). The highest BCUT2D eigenvalue weighted by molar-refractivity contribution is 5.79. The van der Waals surface area contributed by atoms with Crippen LogP contribution < -0.4 is 10.6 Å². The van der Waals surface area contributed by atoms with Crippen molar-refractivity contribution in [3.05, 3.63) is 18.0 Å². The fourth-order valence-corrected chi connectivity index (χ4v) is 2.79. The van der Waals surface area contributed by atoms with E-state index < -0.39 is 0 Å². The zero-order chi connectivity index (χ0) is 15.8. The van der Waals surface area contributed by atoms with E-state index in [0.29, 0.717) is 6.54 Å². The number of nitrogens with zero attached hydrogens (tertiary/aromatic N) is 3. The average Bonchev–Trinajstić information content (AvgIpc) is 3.04. The predicted molar refractivity (Wildman–Crippen MR) is 90.9 cm³/mol. The summed E-state index contributed by atoms with van der Waals surface area (Å²) in [7, 11) is 0. The van der Waals surface area contributed by atoms with Gasteiger partial charge in [0.1, 0.15) is 0 Å². The van der Waals surface area contributed by atoms with Crippen molar-refractivity contribution in [1.29, 1.82) is 0 Å². The third-order valence-electron chi connectivity index (χ3n) is 4.21. The van der Waals surface area contributed by atoms with E-state index in [4.69, 9.17) is 0 Å². The lowest BCUT2D eigenvalue weighted by Crippen LogP contribution is -2.54. The number of piperidine rings is 1. The van der Waals surface area contributed by atoms with Crippen LogP contribution in [0.2, 0.25) is 0 Å². The lowest BCUT2D eigenvalue weighted by molar-refractivity contribution is 0.0982. The monoisotopic (exact) mass is 306 g/mol. The molecule has 1 aliphatic heterocycles. The lowest BCUT2D eigenvalue weighted by atomic mass is 9.98. The minimum Gasteiger partial charge on any atom is -0.357 e. The van der Waals surface area contributed by atoms with Crippen molar-refractivity contribution < 1.29 is 0 Å². The molecule has 0 amide bonds. The van der Waals surface area contributed by atoms with Crippen molar-refractivity contribution in [3.8, 4) is 0 Å². The van der Waals surface area contributed by atoms with Gasteiger partial charge >= 0.3 is 0 Å². The smallest absolute Gasteiger partial charge is 0.191 e. The van der Waals surface area contributed by atoms with E-state index >= 15 is 0 Å². The van der Waals surface area contributed by atoms with Crippen LogP contribution in [0.1, 0.15) is 45.7 Å². The maximum Gasteiger partial charge on any atom is 0.191 e. The van der Waals surface area contributed by atoms with E-state index in [9.17, 15) is 0 Å². The summed E-state index contributed by atoms with van der Waals surface area (Å²) < 4.78 is 0. The van der Waals surface area contributed by atoms with Gasteiger partial charge in [-0.15, -0.1) is 0 Å². The number of hydrogen-bond acceptors (Lipinski definition) is 3. The van der Waals surface area contributed by atoms with E-state index in [1.54, 1.807) is 6.20 Å². The molecular formula is C16H30N6. The Labute approximate surface area is 133 Å². The fourth-order valence-electron chi connectivity index (χ4n) is 2.79. The third-order valence-corrected chi connectivity index (χ3v) is 4.21. The van der Waals surface area contributed by atoms with Crippen molar-refractivity contribution in [2.24, 2.45) is 4.99 Å². The van der Waals surface area contributed by atoms with Crippen molar-refractivity contribution in [1.82, 2.24) is 25.7 Å². The van der Waals surface area contributed by atoms with Gasteiger partial charge in [0.2, 0.25) is 0 Å². The van der Waals surface area contributed by atoms with Crippen molar-refractivity contribution in [2.45, 2.75) is 52.1 Å². The molecule has 2 heterocycles. The lowest BCUT2D eigenvalue weighted by Gasteiger charge is -2.41. The first-order valence-electron chi connectivity index (χ1n) is 8.37. The Kier molecular flexibility index (Phi) is 6.24. The number of likely N-dealkylation sites (tertiary alicyclic amines) is 1. The summed E-state index contributed by atoms with van der Waals surface area (Å²) in [5.74, 6) is 0.863. The molecule has 1 aliphatic rings. The number of aromatic nitrogens is 2. The zero-order valence-electron chi connectivity index (χ0n) is 14.2. The normalized spacial score (nSPS) is 17.5. The summed E-state index contributed by atoms with van der Waals surface area (Å²) in [6, 6.07) is 1.95. The molecule has 0 saturated carbocycles. The molecule has 2 rings (SSSR count). The molecule has 6 heteroatoms. The highest BCUT2D eigenvalue weighted by Gasteiger charge is 2.27. The van der Waals surface area contributed by atoms with Crippen LogP contribution in [0.4, 0.5) is 0 Å². The quantitative estimate of drug-likeness (QED) is 0.553. The van der Waals surface area contributed by atoms with Gasteiger partial charge in [-0.1, -0.05) is 6.42 Å². The van der Waals surface area contributed by atoms with Crippen LogP contribution in [-0.2, 0) is 6.54 Å². The minimum absolute atomic E-state index is 0.143. The molecule has 1 aromatic heterocycles. The van der Waals surface area contributed by atoms with Crippen LogP contribution >= 0.6 is 0 Å². The Hall–Kier alpha value is -1.56. The molecule has 0 spiro atoms. The molecule has 0 atom stereocenters. The molecule has 0 aliphatic carbocycles. The Balaban J connectivity index is 1.88. The molecule has 3 N–H and O–H groups in total. The van der Waals surface area contributed by atoms with Crippen LogP contribution in [0.5, 0.6) is 0 Å². The highest BCUT2D eigenvalue weighted by Crippen LogP contribution is 2.19. The second-order valence-corrected chi connectivity index (χ2v) is 6.49. The Morgan fingerprint density at radius 1 is 1.32 bits per heavy atom. The van der Waals surface area contributed by atoms with E-state index in [1.807, 2.05) is 6.07 Å². The molecule has 1 saturated heterocycles. The van der Waals surface area contributed by atoms with Gasteiger partial charge in [-0.05, 0) is 52.8 Å². The maximum absolute atomic E-state index is 4.61.